The summed E-state index contributed by atoms with van der Waals surface area (Å²) in [5.41, 5.74) is 2.30. The minimum absolute atomic E-state index is 0.000655. The van der Waals surface area contributed by atoms with Gasteiger partial charge in [0.15, 0.2) is 5.75 Å². The minimum Gasteiger partial charge on any atom is -0.507 e. The second-order valence-corrected chi connectivity index (χ2v) is 5.95. The zero-order valence-corrected chi connectivity index (χ0v) is 14.3. The maximum Gasteiger partial charge on any atom is 0.342 e. The molecule has 0 saturated carbocycles. The molecule has 7 nitrogen and oxygen atoms in total. The second-order valence-electron chi connectivity index (χ2n) is 5.95. The van der Waals surface area contributed by atoms with Crippen LogP contribution in [-0.2, 0) is 27.4 Å². The van der Waals surface area contributed by atoms with Crippen molar-refractivity contribution in [2.45, 2.75) is 46.6 Å². The van der Waals surface area contributed by atoms with Crippen LogP contribution >= 0.6 is 0 Å². The van der Waals surface area contributed by atoms with Crippen LogP contribution in [0.25, 0.3) is 0 Å². The van der Waals surface area contributed by atoms with E-state index in [1.165, 1.54) is 6.92 Å². The van der Waals surface area contributed by atoms with E-state index in [1.54, 1.807) is 19.9 Å². The molecule has 1 aliphatic heterocycles. The average Bonchev–Trinajstić information content (AvgIpc) is 2.91. The number of cyclic esters (lactones) is 1. The van der Waals surface area contributed by atoms with E-state index in [0.717, 1.165) is 5.57 Å². The van der Waals surface area contributed by atoms with Gasteiger partial charge >= 0.3 is 17.9 Å². The van der Waals surface area contributed by atoms with Crippen molar-refractivity contribution in [1.29, 1.82) is 0 Å². The van der Waals surface area contributed by atoms with Crippen molar-refractivity contribution in [2.75, 3.05) is 0 Å². The van der Waals surface area contributed by atoms with Gasteiger partial charge in [-0.15, -0.1) is 0 Å². The van der Waals surface area contributed by atoms with Crippen LogP contribution in [0, 0.1) is 6.92 Å². The molecule has 0 amide bonds. The number of ether oxygens (including phenoxy) is 2. The number of esters is 2. The van der Waals surface area contributed by atoms with Crippen molar-refractivity contribution in [3.63, 3.8) is 0 Å². The number of carbonyl (C=O) groups excluding carboxylic acids is 2. The Morgan fingerprint density at radius 2 is 1.96 bits per heavy atom. The number of rotatable bonds is 6. The quantitative estimate of drug-likeness (QED) is 0.462. The normalized spacial score (nSPS) is 13.4. The van der Waals surface area contributed by atoms with E-state index in [4.69, 9.17) is 14.6 Å². The first-order chi connectivity index (χ1) is 11.7. The van der Waals surface area contributed by atoms with E-state index < -0.39 is 17.9 Å². The Morgan fingerprint density at radius 3 is 2.56 bits per heavy atom. The number of hydrogen-bond acceptors (Lipinski definition) is 6. The molecule has 0 unspecified atom stereocenters. The summed E-state index contributed by atoms with van der Waals surface area (Å²) >= 11 is 0. The molecule has 7 heteroatoms. The van der Waals surface area contributed by atoms with E-state index in [9.17, 15) is 19.5 Å². The number of benzene rings is 1. The van der Waals surface area contributed by atoms with Crippen molar-refractivity contribution in [3.05, 3.63) is 33.9 Å². The van der Waals surface area contributed by atoms with E-state index in [1.807, 2.05) is 0 Å². The summed E-state index contributed by atoms with van der Waals surface area (Å²) in [5.74, 6) is -2.15. The van der Waals surface area contributed by atoms with Gasteiger partial charge in [-0.2, -0.15) is 0 Å². The van der Waals surface area contributed by atoms with Crippen molar-refractivity contribution in [3.8, 4) is 11.5 Å². The van der Waals surface area contributed by atoms with Crippen molar-refractivity contribution in [2.24, 2.45) is 0 Å². The lowest BCUT2D eigenvalue weighted by Crippen LogP contribution is -2.10. The predicted molar refractivity (Wildman–Crippen MR) is 87.6 cm³/mol. The number of aromatic hydroxyl groups is 1. The lowest BCUT2D eigenvalue weighted by Gasteiger charge is -2.15. The second kappa shape index (κ2) is 7.38. The standard InChI is InChI=1S/C18H20O7/c1-9(5-7-14(20)21)4-6-12-16(22)10(2)13-8-24-18(23)15(13)17(12)25-11(3)19/h4,22H,5-8H2,1-3H3,(H,20,21)/b9-4+. The number of carbonyl (C=O) groups is 3. The molecule has 0 bridgehead atoms. The maximum absolute atomic E-state index is 12.0. The van der Waals surface area contributed by atoms with Crippen LogP contribution in [-0.4, -0.2) is 28.1 Å². The SMILES string of the molecule is CC(=O)Oc1c(C/C=C(\C)CCC(=O)O)c(O)c(C)c2c1C(=O)OC2. The highest BCUT2D eigenvalue weighted by molar-refractivity contribution is 5.99. The monoisotopic (exact) mass is 348 g/mol. The number of hydrogen-bond donors (Lipinski definition) is 2. The Morgan fingerprint density at radius 1 is 1.28 bits per heavy atom. The third kappa shape index (κ3) is 3.99. The fourth-order valence-electron chi connectivity index (χ4n) is 2.69. The van der Waals surface area contributed by atoms with Gasteiger partial charge in [0.25, 0.3) is 0 Å². The molecule has 0 atom stereocenters. The van der Waals surface area contributed by atoms with Gasteiger partial charge in [0, 0.05) is 24.5 Å². The number of allylic oxidation sites excluding steroid dienone is 2. The lowest BCUT2D eigenvalue weighted by atomic mass is 9.94. The van der Waals surface area contributed by atoms with Gasteiger partial charge in [0.2, 0.25) is 0 Å². The number of fused-ring (bicyclic) bond motifs is 1. The van der Waals surface area contributed by atoms with Gasteiger partial charge in [-0.25, -0.2) is 4.79 Å². The molecule has 134 valence electrons. The molecule has 2 rings (SSSR count). The zero-order chi connectivity index (χ0) is 18.7. The minimum atomic E-state index is -0.896. The summed E-state index contributed by atoms with van der Waals surface area (Å²) in [6, 6.07) is 0. The molecule has 1 aromatic rings. The van der Waals surface area contributed by atoms with Crippen LogP contribution < -0.4 is 4.74 Å². The number of aliphatic carboxylic acids is 1. The fourth-order valence-corrected chi connectivity index (χ4v) is 2.69. The summed E-state index contributed by atoms with van der Waals surface area (Å²) in [6.45, 7) is 4.68. The van der Waals surface area contributed by atoms with Crippen molar-refractivity contribution in [1.82, 2.24) is 0 Å². The molecule has 0 saturated heterocycles. The zero-order valence-electron chi connectivity index (χ0n) is 14.3. The van der Waals surface area contributed by atoms with E-state index in [-0.39, 0.29) is 36.5 Å². The van der Waals surface area contributed by atoms with Gasteiger partial charge < -0.3 is 19.7 Å². The summed E-state index contributed by atoms with van der Waals surface area (Å²) < 4.78 is 10.2. The molecule has 0 aromatic heterocycles. The Bertz CT molecular complexity index is 774. The predicted octanol–water partition coefficient (Wildman–Crippen LogP) is 2.65. The highest BCUT2D eigenvalue weighted by atomic mass is 16.6. The lowest BCUT2D eigenvalue weighted by molar-refractivity contribution is -0.137. The molecule has 1 aliphatic rings. The van der Waals surface area contributed by atoms with Crippen molar-refractivity contribution < 1.29 is 34.1 Å². The van der Waals surface area contributed by atoms with Crippen LogP contribution in [0.5, 0.6) is 11.5 Å². The van der Waals surface area contributed by atoms with Crippen molar-refractivity contribution >= 4 is 17.9 Å². The smallest absolute Gasteiger partial charge is 0.342 e. The van der Waals surface area contributed by atoms with E-state index >= 15 is 0 Å². The van der Waals surface area contributed by atoms with Gasteiger partial charge in [0.05, 0.1) is 0 Å². The number of carboxylic acid groups (broad SMARTS) is 1. The van der Waals surface area contributed by atoms with Gasteiger partial charge in [0.1, 0.15) is 17.9 Å². The largest absolute Gasteiger partial charge is 0.507 e. The summed E-state index contributed by atoms with van der Waals surface area (Å²) in [7, 11) is 0. The first-order valence-corrected chi connectivity index (χ1v) is 7.82. The van der Waals surface area contributed by atoms with E-state index in [0.29, 0.717) is 23.1 Å². The third-order valence-electron chi connectivity index (χ3n) is 4.08. The summed E-state index contributed by atoms with van der Waals surface area (Å²) in [6.07, 6.45) is 2.31. The van der Waals surface area contributed by atoms with Crippen LogP contribution in [0.1, 0.15) is 53.7 Å². The van der Waals surface area contributed by atoms with E-state index in [2.05, 4.69) is 0 Å². The number of phenolic OH excluding ortho intramolecular Hbond substituents is 1. The topological polar surface area (TPSA) is 110 Å². The maximum atomic E-state index is 12.0. The third-order valence-corrected chi connectivity index (χ3v) is 4.08. The molecule has 0 radical (unpaired) electrons. The average molecular weight is 348 g/mol. The van der Waals surface area contributed by atoms with Crippen LogP contribution in [0.15, 0.2) is 11.6 Å². The Hall–Kier alpha value is -2.83. The molecule has 0 aliphatic carbocycles. The molecule has 0 spiro atoms. The molecule has 0 fully saturated rings. The molecule has 25 heavy (non-hydrogen) atoms. The van der Waals surface area contributed by atoms with Crippen LogP contribution in [0.2, 0.25) is 0 Å². The van der Waals surface area contributed by atoms with Gasteiger partial charge in [-0.05, 0) is 32.3 Å². The van der Waals surface area contributed by atoms with Crippen LogP contribution in [0.3, 0.4) is 0 Å². The Balaban J connectivity index is 2.46. The molecular weight excluding hydrogens is 328 g/mol. The number of phenols is 1. The summed E-state index contributed by atoms with van der Waals surface area (Å²) in [5, 5.41) is 19.2. The molecule has 1 aromatic carbocycles. The van der Waals surface area contributed by atoms with Crippen LogP contribution in [0.4, 0.5) is 0 Å². The first-order valence-electron chi connectivity index (χ1n) is 7.82. The fraction of sp³-hybridized carbons (Fsp3) is 0.389. The van der Waals surface area contributed by atoms with Gasteiger partial charge in [-0.3, -0.25) is 9.59 Å². The molecule has 2 N–H and O–H groups in total. The Labute approximate surface area is 144 Å². The highest BCUT2D eigenvalue weighted by Gasteiger charge is 2.33. The number of carboxylic acids is 1. The highest BCUT2D eigenvalue weighted by Crippen LogP contribution is 2.42. The first kappa shape index (κ1) is 18.5. The molecule has 1 heterocycles. The molecular formula is C18H20O7. The van der Waals surface area contributed by atoms with Gasteiger partial charge in [-0.1, -0.05) is 11.6 Å². The summed E-state index contributed by atoms with van der Waals surface area (Å²) in [4.78, 5) is 34.1. The Kier molecular flexibility index (Phi) is 5.46.